The van der Waals surface area contributed by atoms with Gasteiger partial charge in [0, 0.05) is 12.1 Å². The second-order valence-corrected chi connectivity index (χ2v) is 13.0. The summed E-state index contributed by atoms with van der Waals surface area (Å²) in [5.41, 5.74) is 3.46. The second kappa shape index (κ2) is 20.2. The zero-order valence-corrected chi connectivity index (χ0v) is 28.0. The van der Waals surface area contributed by atoms with Crippen molar-refractivity contribution in [2.24, 2.45) is 0 Å². The van der Waals surface area contributed by atoms with Crippen molar-refractivity contribution in [3.8, 4) is 17.1 Å². The molecule has 1 heterocycles. The number of rotatable bonds is 23. The van der Waals surface area contributed by atoms with Gasteiger partial charge in [-0.3, -0.25) is 0 Å². The first-order valence-corrected chi connectivity index (χ1v) is 18.2. The molecule has 0 fully saturated rings. The first-order chi connectivity index (χ1) is 21.8. The van der Waals surface area contributed by atoms with Crippen molar-refractivity contribution in [2.45, 2.75) is 142 Å². The van der Waals surface area contributed by atoms with Crippen LogP contribution in [0.4, 0.5) is 0 Å². The Hall–Kier alpha value is -2.87. The Balaban J connectivity index is 1.12. The molecule has 4 aromatic rings. The fourth-order valence-corrected chi connectivity index (χ4v) is 6.71. The van der Waals surface area contributed by atoms with Crippen LogP contribution in [-0.2, 0) is 6.42 Å². The maximum Gasteiger partial charge on any atom is 0.361 e. The standard InChI is InChI=1S/C42H59O2/c1-3-4-5-6-7-8-9-10-11-12-13-14-15-16-17-18-19-20-21-22-26-37-34-41(36-28-31-38(43-2)32-29-36)44-40-33-30-35-25-23-24-27-39(35)42(37)40/h23-25,27-34H,3-22,26H2,1-2H3/q+1. The van der Waals surface area contributed by atoms with Gasteiger partial charge >= 0.3 is 11.3 Å². The fraction of sp³-hybridized carbons (Fsp3) is 0.548. The highest BCUT2D eigenvalue weighted by Crippen LogP contribution is 2.34. The van der Waals surface area contributed by atoms with Crippen LogP contribution in [0.15, 0.2) is 71.1 Å². The molecule has 0 unspecified atom stereocenters. The summed E-state index contributed by atoms with van der Waals surface area (Å²) in [5, 5.41) is 3.84. The van der Waals surface area contributed by atoms with Gasteiger partial charge in [0.1, 0.15) is 5.75 Å². The molecule has 0 aliphatic heterocycles. The molecule has 0 aliphatic carbocycles. The van der Waals surface area contributed by atoms with E-state index in [4.69, 9.17) is 9.15 Å². The average molecular weight is 596 g/mol. The molecule has 0 N–H and O–H groups in total. The molecule has 4 rings (SSSR count). The third-order valence-corrected chi connectivity index (χ3v) is 9.41. The molecule has 2 nitrogen and oxygen atoms in total. The highest BCUT2D eigenvalue weighted by Gasteiger charge is 2.21. The summed E-state index contributed by atoms with van der Waals surface area (Å²) in [5.74, 6) is 1.80. The summed E-state index contributed by atoms with van der Waals surface area (Å²) in [6.07, 6.45) is 29.4. The van der Waals surface area contributed by atoms with Crippen molar-refractivity contribution in [2.75, 3.05) is 7.11 Å². The van der Waals surface area contributed by atoms with E-state index < -0.39 is 0 Å². The average Bonchev–Trinajstić information content (AvgIpc) is 3.07. The van der Waals surface area contributed by atoms with Gasteiger partial charge in [0.2, 0.25) is 0 Å². The van der Waals surface area contributed by atoms with Crippen molar-refractivity contribution < 1.29 is 9.15 Å². The van der Waals surface area contributed by atoms with Crippen molar-refractivity contribution in [1.29, 1.82) is 0 Å². The minimum Gasteiger partial charge on any atom is -0.497 e. The molecule has 0 radical (unpaired) electrons. The van der Waals surface area contributed by atoms with E-state index in [1.54, 1.807) is 7.11 Å². The summed E-state index contributed by atoms with van der Waals surface area (Å²) < 4.78 is 11.8. The largest absolute Gasteiger partial charge is 0.497 e. The number of hydrogen-bond acceptors (Lipinski definition) is 1. The Morgan fingerprint density at radius 2 is 1.07 bits per heavy atom. The van der Waals surface area contributed by atoms with Gasteiger partial charge in [-0.2, -0.15) is 0 Å². The zero-order chi connectivity index (χ0) is 30.7. The zero-order valence-electron chi connectivity index (χ0n) is 28.0. The fourth-order valence-electron chi connectivity index (χ4n) is 6.71. The van der Waals surface area contributed by atoms with Crippen LogP contribution in [0.25, 0.3) is 33.1 Å². The van der Waals surface area contributed by atoms with Gasteiger partial charge in [-0.1, -0.05) is 153 Å². The molecule has 0 saturated carbocycles. The predicted molar refractivity (Wildman–Crippen MR) is 192 cm³/mol. The van der Waals surface area contributed by atoms with Crippen LogP contribution in [0.2, 0.25) is 0 Å². The first kappa shape index (κ1) is 34.0. The van der Waals surface area contributed by atoms with E-state index in [2.05, 4.69) is 61.5 Å². The van der Waals surface area contributed by atoms with E-state index in [1.165, 1.54) is 150 Å². The molecule has 2 heteroatoms. The minimum atomic E-state index is 0.866. The summed E-state index contributed by atoms with van der Waals surface area (Å²) >= 11 is 0. The number of methoxy groups -OCH3 is 1. The molecule has 3 aromatic carbocycles. The lowest BCUT2D eigenvalue weighted by Gasteiger charge is -2.07. The summed E-state index contributed by atoms with van der Waals surface area (Å²) in [7, 11) is 1.71. The van der Waals surface area contributed by atoms with Crippen LogP contribution in [0.1, 0.15) is 141 Å². The minimum absolute atomic E-state index is 0.866. The third kappa shape index (κ3) is 11.2. The van der Waals surface area contributed by atoms with Crippen LogP contribution >= 0.6 is 0 Å². The van der Waals surface area contributed by atoms with Gasteiger partial charge in [0.05, 0.1) is 18.1 Å². The van der Waals surface area contributed by atoms with Crippen molar-refractivity contribution in [1.82, 2.24) is 0 Å². The van der Waals surface area contributed by atoms with Crippen LogP contribution in [0.5, 0.6) is 5.75 Å². The van der Waals surface area contributed by atoms with Gasteiger partial charge < -0.3 is 4.74 Å². The molecule has 1 aromatic heterocycles. The lowest BCUT2D eigenvalue weighted by molar-refractivity contribution is 0.415. The lowest BCUT2D eigenvalue weighted by atomic mass is 9.96. The Bertz CT molecular complexity index is 1340. The SMILES string of the molecule is CCCCCCCCCCCCCCCCCCCCCCc1cc(-c2ccc(OC)cc2)[o+]c2ccc3ccccc3c12. The Morgan fingerprint density at radius 1 is 0.545 bits per heavy atom. The summed E-state index contributed by atoms with van der Waals surface area (Å²) in [4.78, 5) is 0. The van der Waals surface area contributed by atoms with E-state index in [0.717, 1.165) is 29.1 Å². The second-order valence-electron chi connectivity index (χ2n) is 13.0. The van der Waals surface area contributed by atoms with Crippen LogP contribution < -0.4 is 4.74 Å². The van der Waals surface area contributed by atoms with E-state index in [0.29, 0.717) is 0 Å². The van der Waals surface area contributed by atoms with Crippen molar-refractivity contribution >= 4 is 21.7 Å². The van der Waals surface area contributed by atoms with E-state index in [9.17, 15) is 0 Å². The van der Waals surface area contributed by atoms with Gasteiger partial charge in [-0.15, -0.1) is 0 Å². The molecule has 0 atom stereocenters. The number of benzene rings is 3. The molecule has 0 saturated heterocycles. The number of hydrogen-bond donors (Lipinski definition) is 0. The molecular weight excluding hydrogens is 536 g/mol. The maximum absolute atomic E-state index is 6.48. The highest BCUT2D eigenvalue weighted by molar-refractivity contribution is 6.07. The number of fused-ring (bicyclic) bond motifs is 3. The number of ether oxygens (including phenoxy) is 1. The van der Waals surface area contributed by atoms with Crippen molar-refractivity contribution in [3.05, 3.63) is 72.3 Å². The van der Waals surface area contributed by atoms with E-state index >= 15 is 0 Å². The van der Waals surface area contributed by atoms with Gasteiger partial charge in [0.25, 0.3) is 0 Å². The van der Waals surface area contributed by atoms with E-state index in [1.807, 2.05) is 12.1 Å². The van der Waals surface area contributed by atoms with Crippen LogP contribution in [-0.4, -0.2) is 7.11 Å². The molecule has 238 valence electrons. The monoisotopic (exact) mass is 595 g/mol. The molecule has 0 bridgehead atoms. The number of unbranched alkanes of at least 4 members (excludes halogenated alkanes) is 19. The summed E-state index contributed by atoms with van der Waals surface area (Å²) in [6.45, 7) is 2.30. The quantitative estimate of drug-likeness (QED) is 0.0483. The first-order valence-electron chi connectivity index (χ1n) is 18.2. The Kier molecular flexibility index (Phi) is 15.6. The maximum atomic E-state index is 6.48. The smallest absolute Gasteiger partial charge is 0.361 e. The number of aryl methyl sites for hydroxylation is 1. The van der Waals surface area contributed by atoms with Crippen molar-refractivity contribution in [3.63, 3.8) is 0 Å². The molecule has 0 amide bonds. The third-order valence-electron chi connectivity index (χ3n) is 9.41. The van der Waals surface area contributed by atoms with Gasteiger partial charge in [0.15, 0.2) is 0 Å². The van der Waals surface area contributed by atoms with Crippen LogP contribution in [0, 0.1) is 0 Å². The highest BCUT2D eigenvalue weighted by atomic mass is 16.5. The van der Waals surface area contributed by atoms with E-state index in [-0.39, 0.29) is 0 Å². The lowest BCUT2D eigenvalue weighted by Crippen LogP contribution is -1.92. The molecular formula is C42H59O2+. The van der Waals surface area contributed by atoms with Gasteiger partial charge in [-0.05, 0) is 59.5 Å². The molecule has 0 spiro atoms. The normalized spacial score (nSPS) is 11.5. The predicted octanol–water partition coefficient (Wildman–Crippen LogP) is 13.9. The topological polar surface area (TPSA) is 20.5 Å². The Morgan fingerprint density at radius 3 is 1.61 bits per heavy atom. The Labute approximate surface area is 268 Å². The molecule has 0 aliphatic rings. The van der Waals surface area contributed by atoms with Crippen LogP contribution in [0.3, 0.4) is 0 Å². The van der Waals surface area contributed by atoms with Gasteiger partial charge in [-0.25, -0.2) is 4.42 Å². The summed E-state index contributed by atoms with van der Waals surface area (Å²) in [6, 6.07) is 23.5. The molecule has 44 heavy (non-hydrogen) atoms.